The van der Waals surface area contributed by atoms with E-state index in [1.807, 2.05) is 13.8 Å². The van der Waals surface area contributed by atoms with E-state index in [0.29, 0.717) is 35.4 Å². The van der Waals surface area contributed by atoms with Crippen LogP contribution in [-0.4, -0.2) is 51.7 Å². The zero-order chi connectivity index (χ0) is 25.9. The van der Waals surface area contributed by atoms with Crippen LogP contribution in [-0.2, 0) is 49.0 Å². The van der Waals surface area contributed by atoms with Gasteiger partial charge in [0.25, 0.3) is 0 Å². The van der Waals surface area contributed by atoms with Gasteiger partial charge in [0.1, 0.15) is 6.04 Å². The Kier molecular flexibility index (Phi) is 8.30. The molecule has 1 heterocycles. The molecule has 3 unspecified atom stereocenters. The maximum atomic E-state index is 13.5. The molecule has 0 bridgehead atoms. The van der Waals surface area contributed by atoms with Crippen molar-refractivity contribution in [3.63, 3.8) is 0 Å². The van der Waals surface area contributed by atoms with Gasteiger partial charge in [0.15, 0.2) is 11.6 Å². The molecule has 1 aliphatic rings. The number of hydrogen-bond acceptors (Lipinski definition) is 8. The molecule has 0 radical (unpaired) electrons. The molecule has 35 heavy (non-hydrogen) atoms. The summed E-state index contributed by atoms with van der Waals surface area (Å²) >= 11 is 0. The number of rotatable bonds is 10. The number of fused-ring (bicyclic) bond motifs is 1. The van der Waals surface area contributed by atoms with Gasteiger partial charge in [-0.1, -0.05) is 32.0 Å². The number of Topliss-reactive ketones (excluding diaryl/α,β-unsaturated/α-hetero) is 1. The highest BCUT2D eigenvalue weighted by molar-refractivity contribution is 7.53. The van der Waals surface area contributed by atoms with Crippen LogP contribution in [0.1, 0.15) is 77.2 Å². The lowest BCUT2D eigenvalue weighted by Crippen LogP contribution is -2.25. The van der Waals surface area contributed by atoms with E-state index in [1.54, 1.807) is 29.7 Å². The smallest absolute Gasteiger partial charge is 0.375 e. The molecule has 0 spiro atoms. The molecule has 190 valence electrons. The van der Waals surface area contributed by atoms with Crippen LogP contribution >= 0.6 is 7.60 Å². The highest BCUT2D eigenvalue weighted by Gasteiger charge is 2.39. The van der Waals surface area contributed by atoms with Crippen LogP contribution in [0.5, 0.6) is 0 Å². The number of ketones is 1. The van der Waals surface area contributed by atoms with E-state index >= 15 is 0 Å². The molecule has 11 heteroatoms. The average molecular weight is 506 g/mol. The van der Waals surface area contributed by atoms with E-state index < -0.39 is 25.5 Å². The monoisotopic (exact) mass is 506 g/mol. The standard InChI is InChI=1S/C24H31N2O8P/c1-6-18-19(7-2)26(23(25-18)24(29)34-14(4)35(30,31)32-5)20-13-17-15(12-21(27)33-8-3)10-9-11-16(17)22(20)28/h9-11,14,20H,6-8,12-13H2,1-5H3,(H,30,31). The number of carbonyl (C=O) groups excluding carboxylic acids is 3. The molecule has 1 aromatic heterocycles. The highest BCUT2D eigenvalue weighted by atomic mass is 31.2. The molecule has 3 rings (SSSR count). The van der Waals surface area contributed by atoms with Crippen molar-refractivity contribution in [3.05, 3.63) is 52.1 Å². The fourth-order valence-electron chi connectivity index (χ4n) is 4.39. The van der Waals surface area contributed by atoms with Crippen molar-refractivity contribution in [3.8, 4) is 0 Å². The Morgan fingerprint density at radius 2 is 1.97 bits per heavy atom. The predicted molar refractivity (Wildman–Crippen MR) is 127 cm³/mol. The van der Waals surface area contributed by atoms with Crippen molar-refractivity contribution >= 4 is 25.3 Å². The molecule has 1 aliphatic carbocycles. The molecule has 1 N–H and O–H groups in total. The summed E-state index contributed by atoms with van der Waals surface area (Å²) in [6.07, 6.45) is 1.33. The Labute approximate surface area is 204 Å². The van der Waals surface area contributed by atoms with Crippen LogP contribution in [0.15, 0.2) is 18.2 Å². The summed E-state index contributed by atoms with van der Waals surface area (Å²) in [6, 6.07) is 4.45. The van der Waals surface area contributed by atoms with Crippen LogP contribution in [0, 0.1) is 0 Å². The third kappa shape index (κ3) is 5.24. The van der Waals surface area contributed by atoms with Crippen molar-refractivity contribution < 1.29 is 37.8 Å². The van der Waals surface area contributed by atoms with Crippen molar-refractivity contribution in [2.45, 2.75) is 65.3 Å². The fraction of sp³-hybridized carbons (Fsp3) is 0.500. The van der Waals surface area contributed by atoms with Crippen LogP contribution in [0.3, 0.4) is 0 Å². The van der Waals surface area contributed by atoms with Crippen LogP contribution < -0.4 is 0 Å². The van der Waals surface area contributed by atoms with Crippen LogP contribution in [0.2, 0.25) is 0 Å². The van der Waals surface area contributed by atoms with Crippen molar-refractivity contribution in [1.29, 1.82) is 0 Å². The SMILES string of the molecule is CCOC(=O)Cc1cccc2c1CC(n1c(C(=O)OC(C)P(=O)(O)OC)nc(CC)c1CC)C2=O. The average Bonchev–Trinajstić information content (AvgIpc) is 3.37. The van der Waals surface area contributed by atoms with Crippen molar-refractivity contribution in [2.24, 2.45) is 0 Å². The van der Waals surface area contributed by atoms with E-state index in [1.165, 1.54) is 6.92 Å². The second kappa shape index (κ2) is 10.8. The second-order valence-corrected chi connectivity index (χ2v) is 10.4. The Balaban J connectivity index is 2.03. The number of benzene rings is 1. The van der Waals surface area contributed by atoms with E-state index in [2.05, 4.69) is 9.51 Å². The zero-order valence-electron chi connectivity index (χ0n) is 20.6. The Morgan fingerprint density at radius 3 is 2.57 bits per heavy atom. The first-order chi connectivity index (χ1) is 16.6. The van der Waals surface area contributed by atoms with Gasteiger partial charge in [-0.25, -0.2) is 9.78 Å². The summed E-state index contributed by atoms with van der Waals surface area (Å²) in [7, 11) is -3.12. The minimum Gasteiger partial charge on any atom is -0.466 e. The normalized spacial score (nSPS) is 17.5. The third-order valence-corrected chi connectivity index (χ3v) is 7.68. The molecule has 0 saturated carbocycles. The number of aryl methyl sites for hydroxylation is 1. The lowest BCUT2D eigenvalue weighted by atomic mass is 10.0. The number of hydrogen-bond donors (Lipinski definition) is 1. The first kappa shape index (κ1) is 26.8. The number of imidazole rings is 1. The van der Waals surface area contributed by atoms with Crippen LogP contribution in [0.25, 0.3) is 0 Å². The molecule has 1 aromatic carbocycles. The second-order valence-electron chi connectivity index (χ2n) is 8.17. The summed E-state index contributed by atoms with van der Waals surface area (Å²) in [5.74, 6) is -3.04. The Morgan fingerprint density at radius 1 is 1.26 bits per heavy atom. The number of aromatic nitrogens is 2. The van der Waals surface area contributed by atoms with Crippen LogP contribution in [0.4, 0.5) is 0 Å². The van der Waals surface area contributed by atoms with E-state index in [4.69, 9.17) is 9.47 Å². The van der Waals surface area contributed by atoms with Crippen molar-refractivity contribution in [2.75, 3.05) is 13.7 Å². The van der Waals surface area contributed by atoms with Gasteiger partial charge in [-0.15, -0.1) is 0 Å². The molecule has 2 aromatic rings. The molecular formula is C24H31N2O8P. The van der Waals surface area contributed by atoms with Gasteiger partial charge >= 0.3 is 19.5 Å². The lowest BCUT2D eigenvalue weighted by molar-refractivity contribution is -0.142. The highest BCUT2D eigenvalue weighted by Crippen LogP contribution is 2.47. The summed E-state index contributed by atoms with van der Waals surface area (Å²) in [5.41, 5.74) is 3.27. The third-order valence-electron chi connectivity index (χ3n) is 6.13. The summed E-state index contributed by atoms with van der Waals surface area (Å²) in [6.45, 7) is 7.04. The zero-order valence-corrected chi connectivity index (χ0v) is 21.5. The number of nitrogens with zero attached hydrogens (tertiary/aromatic N) is 2. The summed E-state index contributed by atoms with van der Waals surface area (Å²) < 4.78 is 28.5. The number of ether oxygens (including phenoxy) is 2. The minimum atomic E-state index is -4.17. The van der Waals surface area contributed by atoms with Gasteiger partial charge in [-0.05, 0) is 37.8 Å². The Bertz CT molecular complexity index is 1190. The molecular weight excluding hydrogens is 475 g/mol. The van der Waals surface area contributed by atoms with E-state index in [-0.39, 0.29) is 37.0 Å². The van der Waals surface area contributed by atoms with Gasteiger partial charge in [0.2, 0.25) is 5.82 Å². The van der Waals surface area contributed by atoms with Gasteiger partial charge < -0.3 is 23.5 Å². The largest absolute Gasteiger partial charge is 0.466 e. The predicted octanol–water partition coefficient (Wildman–Crippen LogP) is 3.43. The number of esters is 2. The quantitative estimate of drug-likeness (QED) is 0.380. The first-order valence-electron chi connectivity index (χ1n) is 11.6. The maximum absolute atomic E-state index is 13.5. The molecule has 3 atom stereocenters. The minimum absolute atomic E-state index is 0.0387. The van der Waals surface area contributed by atoms with Gasteiger partial charge in [-0.2, -0.15) is 0 Å². The molecule has 0 fully saturated rings. The number of carbonyl (C=O) groups is 3. The lowest BCUT2D eigenvalue weighted by Gasteiger charge is -2.20. The Hall–Kier alpha value is -2.81. The molecule has 10 nitrogen and oxygen atoms in total. The fourth-order valence-corrected chi connectivity index (χ4v) is 4.91. The van der Waals surface area contributed by atoms with Gasteiger partial charge in [-0.3, -0.25) is 14.2 Å². The topological polar surface area (TPSA) is 134 Å². The molecule has 0 aliphatic heterocycles. The first-order valence-corrected chi connectivity index (χ1v) is 13.2. The summed E-state index contributed by atoms with van der Waals surface area (Å²) in [5, 5.41) is 0. The molecule has 0 amide bonds. The van der Waals surface area contributed by atoms with E-state index in [0.717, 1.165) is 12.7 Å². The van der Waals surface area contributed by atoms with Gasteiger partial charge in [0.05, 0.1) is 18.7 Å². The van der Waals surface area contributed by atoms with E-state index in [9.17, 15) is 23.8 Å². The maximum Gasteiger partial charge on any atom is 0.375 e. The summed E-state index contributed by atoms with van der Waals surface area (Å²) in [4.78, 5) is 53.0. The van der Waals surface area contributed by atoms with Crippen molar-refractivity contribution in [1.82, 2.24) is 9.55 Å². The van der Waals surface area contributed by atoms with Gasteiger partial charge in [0, 0.05) is 24.8 Å². The molecule has 0 saturated heterocycles.